The van der Waals surface area contributed by atoms with E-state index in [0.717, 1.165) is 0 Å². The molecule has 1 amide bonds. The van der Waals surface area contributed by atoms with Gasteiger partial charge in [-0.15, -0.1) is 0 Å². The number of carbonyl (C=O) groups is 1. The summed E-state index contributed by atoms with van der Waals surface area (Å²) in [6.45, 7) is 1.09. The number of benzene rings is 2. The molecule has 5 nitrogen and oxygen atoms in total. The van der Waals surface area contributed by atoms with E-state index in [2.05, 4.69) is 0 Å². The zero-order valence-electron chi connectivity index (χ0n) is 14.2. The molecule has 0 bridgehead atoms. The van der Waals surface area contributed by atoms with Crippen LogP contribution in [0.4, 0.5) is 4.39 Å². The SMILES string of the molecule is COc1cc(OC)cc(C(=O)N2CCOC(c3ccccc3F)C2)c1. The predicted octanol–water partition coefficient (Wildman–Crippen LogP) is 3.06. The van der Waals surface area contributed by atoms with Crippen LogP contribution >= 0.6 is 0 Å². The van der Waals surface area contributed by atoms with Crippen LogP contribution in [0, 0.1) is 5.82 Å². The summed E-state index contributed by atoms with van der Waals surface area (Å²) in [5.41, 5.74) is 0.925. The minimum Gasteiger partial charge on any atom is -0.497 e. The minimum absolute atomic E-state index is 0.165. The molecular formula is C19H20FNO4. The molecule has 2 aromatic carbocycles. The van der Waals surface area contributed by atoms with Crippen LogP contribution in [0.5, 0.6) is 11.5 Å². The van der Waals surface area contributed by atoms with Crippen molar-refractivity contribution >= 4 is 5.91 Å². The van der Waals surface area contributed by atoms with Crippen LogP contribution in [-0.2, 0) is 4.74 Å². The van der Waals surface area contributed by atoms with Crippen molar-refractivity contribution in [1.29, 1.82) is 0 Å². The fourth-order valence-corrected chi connectivity index (χ4v) is 2.87. The Kier molecular flexibility index (Phi) is 5.19. The molecule has 0 spiro atoms. The molecule has 0 N–H and O–H groups in total. The summed E-state index contributed by atoms with van der Waals surface area (Å²) < 4.78 is 30.1. The lowest BCUT2D eigenvalue weighted by Gasteiger charge is -2.33. The van der Waals surface area contributed by atoms with Gasteiger partial charge in [0.25, 0.3) is 5.91 Å². The molecule has 1 aliphatic heterocycles. The van der Waals surface area contributed by atoms with E-state index >= 15 is 0 Å². The average Bonchev–Trinajstić information content (AvgIpc) is 2.67. The van der Waals surface area contributed by atoms with Crippen LogP contribution in [0.1, 0.15) is 22.0 Å². The lowest BCUT2D eigenvalue weighted by atomic mass is 10.1. The fourth-order valence-electron chi connectivity index (χ4n) is 2.87. The first-order chi connectivity index (χ1) is 12.1. The second kappa shape index (κ2) is 7.53. The van der Waals surface area contributed by atoms with E-state index in [4.69, 9.17) is 14.2 Å². The van der Waals surface area contributed by atoms with Crippen molar-refractivity contribution in [3.8, 4) is 11.5 Å². The van der Waals surface area contributed by atoms with Gasteiger partial charge in [-0.25, -0.2) is 4.39 Å². The maximum Gasteiger partial charge on any atom is 0.254 e. The molecule has 1 heterocycles. The lowest BCUT2D eigenvalue weighted by Crippen LogP contribution is -2.42. The third kappa shape index (κ3) is 3.74. The maximum absolute atomic E-state index is 14.0. The Hall–Kier alpha value is -2.60. The molecule has 0 aliphatic carbocycles. The highest BCUT2D eigenvalue weighted by Crippen LogP contribution is 2.27. The highest BCUT2D eigenvalue weighted by Gasteiger charge is 2.28. The molecule has 0 saturated carbocycles. The Morgan fingerprint density at radius 3 is 2.48 bits per heavy atom. The average molecular weight is 345 g/mol. The van der Waals surface area contributed by atoms with Crippen LogP contribution in [0.15, 0.2) is 42.5 Å². The number of rotatable bonds is 4. The molecule has 0 radical (unpaired) electrons. The van der Waals surface area contributed by atoms with E-state index in [1.54, 1.807) is 41.3 Å². The van der Waals surface area contributed by atoms with Crippen molar-refractivity contribution in [2.24, 2.45) is 0 Å². The summed E-state index contributed by atoms with van der Waals surface area (Å²) in [7, 11) is 3.07. The smallest absolute Gasteiger partial charge is 0.254 e. The summed E-state index contributed by atoms with van der Waals surface area (Å²) >= 11 is 0. The van der Waals surface area contributed by atoms with E-state index in [1.165, 1.54) is 20.3 Å². The van der Waals surface area contributed by atoms with Crippen molar-refractivity contribution in [3.05, 3.63) is 59.4 Å². The molecule has 0 aromatic heterocycles. The Bertz CT molecular complexity index is 743. The maximum atomic E-state index is 14.0. The quantitative estimate of drug-likeness (QED) is 0.855. The summed E-state index contributed by atoms with van der Waals surface area (Å²) in [5.74, 6) is 0.593. The normalized spacial score (nSPS) is 17.2. The third-order valence-electron chi connectivity index (χ3n) is 4.20. The Balaban J connectivity index is 1.82. The predicted molar refractivity (Wildman–Crippen MR) is 90.5 cm³/mol. The molecule has 1 saturated heterocycles. The second-order valence-electron chi connectivity index (χ2n) is 5.73. The number of hydrogen-bond acceptors (Lipinski definition) is 4. The molecule has 25 heavy (non-hydrogen) atoms. The Morgan fingerprint density at radius 2 is 1.84 bits per heavy atom. The van der Waals surface area contributed by atoms with Crippen molar-refractivity contribution in [2.75, 3.05) is 33.9 Å². The molecular weight excluding hydrogens is 325 g/mol. The molecule has 2 aromatic rings. The standard InChI is InChI=1S/C19H20FNO4/c1-23-14-9-13(10-15(11-14)24-2)19(22)21-7-8-25-18(12-21)16-5-3-4-6-17(16)20/h3-6,9-11,18H,7-8,12H2,1-2H3. The second-order valence-corrected chi connectivity index (χ2v) is 5.73. The molecule has 1 unspecified atom stereocenters. The van der Waals surface area contributed by atoms with Gasteiger partial charge < -0.3 is 19.1 Å². The van der Waals surface area contributed by atoms with Crippen LogP contribution in [0.3, 0.4) is 0 Å². The first-order valence-electron chi connectivity index (χ1n) is 8.00. The molecule has 132 valence electrons. The van der Waals surface area contributed by atoms with E-state index in [1.807, 2.05) is 0 Å². The van der Waals surface area contributed by atoms with E-state index in [9.17, 15) is 9.18 Å². The zero-order valence-corrected chi connectivity index (χ0v) is 14.2. The monoisotopic (exact) mass is 345 g/mol. The van der Waals surface area contributed by atoms with Gasteiger partial charge in [-0.05, 0) is 18.2 Å². The summed E-state index contributed by atoms with van der Waals surface area (Å²) in [4.78, 5) is 14.5. The summed E-state index contributed by atoms with van der Waals surface area (Å²) in [6, 6.07) is 11.5. The van der Waals surface area contributed by atoms with E-state index in [0.29, 0.717) is 42.3 Å². The first-order valence-corrected chi connectivity index (χ1v) is 8.00. The number of halogens is 1. The van der Waals surface area contributed by atoms with Gasteiger partial charge in [0.2, 0.25) is 0 Å². The van der Waals surface area contributed by atoms with Gasteiger partial charge in [0, 0.05) is 23.7 Å². The summed E-state index contributed by atoms with van der Waals surface area (Å²) in [5, 5.41) is 0. The number of nitrogens with zero attached hydrogens (tertiary/aromatic N) is 1. The third-order valence-corrected chi connectivity index (χ3v) is 4.20. The number of ether oxygens (including phenoxy) is 3. The van der Waals surface area contributed by atoms with E-state index < -0.39 is 6.10 Å². The van der Waals surface area contributed by atoms with Gasteiger partial charge in [-0.3, -0.25) is 4.79 Å². The van der Waals surface area contributed by atoms with Crippen LogP contribution in [-0.4, -0.2) is 44.7 Å². The zero-order chi connectivity index (χ0) is 17.8. The number of hydrogen-bond donors (Lipinski definition) is 0. The van der Waals surface area contributed by atoms with Crippen molar-refractivity contribution in [2.45, 2.75) is 6.10 Å². The molecule has 6 heteroatoms. The van der Waals surface area contributed by atoms with Gasteiger partial charge >= 0.3 is 0 Å². The lowest BCUT2D eigenvalue weighted by molar-refractivity contribution is -0.0243. The topological polar surface area (TPSA) is 48.0 Å². The molecule has 1 atom stereocenters. The van der Waals surface area contributed by atoms with Crippen molar-refractivity contribution in [3.63, 3.8) is 0 Å². The molecule has 1 fully saturated rings. The summed E-state index contributed by atoms with van der Waals surface area (Å²) in [6.07, 6.45) is -0.480. The van der Waals surface area contributed by atoms with Crippen LogP contribution < -0.4 is 9.47 Å². The van der Waals surface area contributed by atoms with E-state index in [-0.39, 0.29) is 11.7 Å². The number of amides is 1. The number of carbonyl (C=O) groups excluding carboxylic acids is 1. The van der Waals surface area contributed by atoms with Gasteiger partial charge in [-0.2, -0.15) is 0 Å². The number of methoxy groups -OCH3 is 2. The largest absolute Gasteiger partial charge is 0.497 e. The van der Waals surface area contributed by atoms with Crippen molar-refractivity contribution < 1.29 is 23.4 Å². The van der Waals surface area contributed by atoms with Crippen LogP contribution in [0.25, 0.3) is 0 Å². The minimum atomic E-state index is -0.480. The highest BCUT2D eigenvalue weighted by molar-refractivity contribution is 5.95. The van der Waals surface area contributed by atoms with Gasteiger partial charge in [-0.1, -0.05) is 18.2 Å². The Labute approximate surface area is 145 Å². The van der Waals surface area contributed by atoms with Gasteiger partial charge in [0.15, 0.2) is 0 Å². The molecule has 3 rings (SSSR count). The number of morpholine rings is 1. The fraction of sp³-hybridized carbons (Fsp3) is 0.316. The van der Waals surface area contributed by atoms with Crippen LogP contribution in [0.2, 0.25) is 0 Å². The first kappa shape index (κ1) is 17.2. The Morgan fingerprint density at radius 1 is 1.16 bits per heavy atom. The van der Waals surface area contributed by atoms with Crippen molar-refractivity contribution in [1.82, 2.24) is 4.90 Å². The van der Waals surface area contributed by atoms with Gasteiger partial charge in [0.1, 0.15) is 23.4 Å². The van der Waals surface area contributed by atoms with Gasteiger partial charge in [0.05, 0.1) is 27.4 Å². The highest BCUT2D eigenvalue weighted by atomic mass is 19.1. The molecule has 1 aliphatic rings.